The van der Waals surface area contributed by atoms with Crippen LogP contribution in [0.4, 0.5) is 4.39 Å². The van der Waals surface area contributed by atoms with Gasteiger partial charge in [-0.05, 0) is 53.9 Å². The summed E-state index contributed by atoms with van der Waals surface area (Å²) in [5.74, 6) is -0.274. The van der Waals surface area contributed by atoms with Crippen LogP contribution >= 0.6 is 0 Å². The summed E-state index contributed by atoms with van der Waals surface area (Å²) in [6, 6.07) is 14.3. The summed E-state index contributed by atoms with van der Waals surface area (Å²) in [7, 11) is 0. The van der Waals surface area contributed by atoms with E-state index in [0.717, 1.165) is 23.1 Å². The Bertz CT molecular complexity index is 792. The maximum Gasteiger partial charge on any atom is 0.124 e. The molecule has 0 saturated carbocycles. The van der Waals surface area contributed by atoms with Crippen molar-refractivity contribution in [2.75, 3.05) is 6.54 Å². The van der Waals surface area contributed by atoms with E-state index in [1.54, 1.807) is 12.1 Å². The minimum atomic E-state index is -0.705. The lowest BCUT2D eigenvalue weighted by molar-refractivity contribution is -0.0916. The summed E-state index contributed by atoms with van der Waals surface area (Å²) >= 11 is 0. The van der Waals surface area contributed by atoms with Crippen molar-refractivity contribution in [1.29, 1.82) is 5.26 Å². The standard InChI is InChI=1S/C20H21FN2O/c1-19(2,9-10-22)20(16-4-6-17(21)7-5-16)18-8-3-14(12-23)11-15(18)13-24-20/h3-8,11H,9-10,13,22H2,1-2H3. The second-order valence-corrected chi connectivity index (χ2v) is 6.88. The molecule has 0 aliphatic carbocycles. The lowest BCUT2D eigenvalue weighted by atomic mass is 9.65. The molecule has 2 aromatic carbocycles. The fourth-order valence-corrected chi connectivity index (χ4v) is 3.80. The van der Waals surface area contributed by atoms with Crippen molar-refractivity contribution in [2.45, 2.75) is 32.5 Å². The van der Waals surface area contributed by atoms with E-state index in [2.05, 4.69) is 19.9 Å². The zero-order valence-corrected chi connectivity index (χ0v) is 14.0. The molecule has 1 unspecified atom stereocenters. The Kier molecular flexibility index (Phi) is 4.16. The van der Waals surface area contributed by atoms with Crippen LogP contribution in [0, 0.1) is 22.6 Å². The monoisotopic (exact) mass is 324 g/mol. The first-order chi connectivity index (χ1) is 11.4. The molecule has 3 nitrogen and oxygen atoms in total. The molecule has 0 radical (unpaired) electrons. The second kappa shape index (κ2) is 6.01. The number of hydrogen-bond acceptors (Lipinski definition) is 3. The first kappa shape index (κ1) is 16.6. The molecule has 0 aromatic heterocycles. The third kappa shape index (κ3) is 2.41. The van der Waals surface area contributed by atoms with Gasteiger partial charge < -0.3 is 10.5 Å². The number of nitrogens with zero attached hydrogens (tertiary/aromatic N) is 1. The average Bonchev–Trinajstić information content (AvgIpc) is 2.95. The van der Waals surface area contributed by atoms with Gasteiger partial charge in [0.2, 0.25) is 0 Å². The van der Waals surface area contributed by atoms with Crippen LogP contribution < -0.4 is 5.73 Å². The van der Waals surface area contributed by atoms with Gasteiger partial charge in [0.25, 0.3) is 0 Å². The summed E-state index contributed by atoms with van der Waals surface area (Å²) in [4.78, 5) is 0. The Morgan fingerprint density at radius 3 is 2.58 bits per heavy atom. The van der Waals surface area contributed by atoms with Crippen molar-refractivity contribution in [3.8, 4) is 6.07 Å². The van der Waals surface area contributed by atoms with Crippen LogP contribution in [-0.4, -0.2) is 6.54 Å². The fourth-order valence-electron chi connectivity index (χ4n) is 3.80. The van der Waals surface area contributed by atoms with E-state index >= 15 is 0 Å². The van der Waals surface area contributed by atoms with Gasteiger partial charge in [-0.15, -0.1) is 0 Å². The van der Waals surface area contributed by atoms with Gasteiger partial charge in [-0.1, -0.05) is 32.0 Å². The van der Waals surface area contributed by atoms with Gasteiger partial charge in [-0.2, -0.15) is 5.26 Å². The SMILES string of the molecule is CC(C)(CCN)C1(c2ccc(F)cc2)OCc2cc(C#N)ccc21. The highest BCUT2D eigenvalue weighted by molar-refractivity contribution is 5.49. The van der Waals surface area contributed by atoms with E-state index in [1.165, 1.54) is 12.1 Å². The molecule has 0 amide bonds. The molecule has 1 aliphatic rings. The summed E-state index contributed by atoms with van der Waals surface area (Å²) in [6.45, 7) is 5.20. The molecule has 4 heteroatoms. The van der Waals surface area contributed by atoms with Gasteiger partial charge in [0.15, 0.2) is 0 Å². The highest BCUT2D eigenvalue weighted by atomic mass is 19.1. The zero-order valence-electron chi connectivity index (χ0n) is 14.0. The highest BCUT2D eigenvalue weighted by Crippen LogP contribution is 2.54. The van der Waals surface area contributed by atoms with E-state index in [0.29, 0.717) is 18.7 Å². The van der Waals surface area contributed by atoms with Crippen molar-refractivity contribution in [2.24, 2.45) is 11.1 Å². The van der Waals surface area contributed by atoms with E-state index in [4.69, 9.17) is 15.7 Å². The van der Waals surface area contributed by atoms with Gasteiger partial charge in [0.05, 0.1) is 18.2 Å². The number of fused-ring (bicyclic) bond motifs is 1. The number of nitrogens with two attached hydrogens (primary N) is 1. The molecule has 24 heavy (non-hydrogen) atoms. The molecule has 0 spiro atoms. The Hall–Kier alpha value is -2.22. The van der Waals surface area contributed by atoms with Crippen molar-refractivity contribution in [3.05, 3.63) is 70.5 Å². The van der Waals surface area contributed by atoms with Crippen molar-refractivity contribution < 1.29 is 9.13 Å². The summed E-state index contributed by atoms with van der Waals surface area (Å²) < 4.78 is 19.8. The number of rotatable bonds is 4. The lowest BCUT2D eigenvalue weighted by Gasteiger charge is -2.44. The number of nitriles is 1. The van der Waals surface area contributed by atoms with Gasteiger partial charge in [0, 0.05) is 5.41 Å². The fraction of sp³-hybridized carbons (Fsp3) is 0.350. The molecule has 2 N–H and O–H groups in total. The Labute approximate surface area is 141 Å². The predicted octanol–water partition coefficient (Wildman–Crippen LogP) is 3.85. The maximum absolute atomic E-state index is 13.4. The lowest BCUT2D eigenvalue weighted by Crippen LogP contribution is -2.44. The second-order valence-electron chi connectivity index (χ2n) is 6.88. The number of benzene rings is 2. The quantitative estimate of drug-likeness (QED) is 0.929. The minimum absolute atomic E-state index is 0.274. The van der Waals surface area contributed by atoms with Crippen LogP contribution in [0.5, 0.6) is 0 Å². The molecular weight excluding hydrogens is 303 g/mol. The summed E-state index contributed by atoms with van der Waals surface area (Å²) in [5.41, 5.74) is 8.41. The largest absolute Gasteiger partial charge is 0.360 e. The van der Waals surface area contributed by atoms with Gasteiger partial charge in [-0.3, -0.25) is 0 Å². The van der Waals surface area contributed by atoms with Crippen LogP contribution in [0.25, 0.3) is 0 Å². The van der Waals surface area contributed by atoms with E-state index in [9.17, 15) is 4.39 Å². The molecule has 1 aliphatic heterocycles. The van der Waals surface area contributed by atoms with Crippen LogP contribution in [0.3, 0.4) is 0 Å². The molecule has 0 fully saturated rings. The summed E-state index contributed by atoms with van der Waals surface area (Å²) in [5, 5.41) is 9.14. The van der Waals surface area contributed by atoms with Gasteiger partial charge in [-0.25, -0.2) is 4.39 Å². The highest BCUT2D eigenvalue weighted by Gasteiger charge is 2.52. The Balaban J connectivity index is 2.24. The Morgan fingerprint density at radius 1 is 1.25 bits per heavy atom. The first-order valence-electron chi connectivity index (χ1n) is 8.08. The predicted molar refractivity (Wildman–Crippen MR) is 90.6 cm³/mol. The molecule has 1 heterocycles. The number of halogens is 1. The van der Waals surface area contributed by atoms with Gasteiger partial charge in [0.1, 0.15) is 11.4 Å². The van der Waals surface area contributed by atoms with Gasteiger partial charge >= 0.3 is 0 Å². The van der Waals surface area contributed by atoms with Crippen molar-refractivity contribution in [3.63, 3.8) is 0 Å². The minimum Gasteiger partial charge on any atom is -0.360 e. The average molecular weight is 324 g/mol. The smallest absolute Gasteiger partial charge is 0.124 e. The third-order valence-electron chi connectivity index (χ3n) is 5.03. The van der Waals surface area contributed by atoms with Crippen LogP contribution in [0.15, 0.2) is 42.5 Å². The van der Waals surface area contributed by atoms with Crippen molar-refractivity contribution in [1.82, 2.24) is 0 Å². The van der Waals surface area contributed by atoms with Crippen LogP contribution in [0.2, 0.25) is 0 Å². The topological polar surface area (TPSA) is 59.0 Å². The first-order valence-corrected chi connectivity index (χ1v) is 8.08. The molecule has 124 valence electrons. The van der Waals surface area contributed by atoms with E-state index < -0.39 is 5.60 Å². The molecule has 3 rings (SSSR count). The van der Waals surface area contributed by atoms with Crippen molar-refractivity contribution >= 4 is 0 Å². The molecule has 1 atom stereocenters. The normalized spacial score (nSPS) is 19.8. The van der Waals surface area contributed by atoms with Crippen LogP contribution in [0.1, 0.15) is 42.5 Å². The zero-order chi connectivity index (χ0) is 17.4. The molecule has 2 aromatic rings. The molecule has 0 bridgehead atoms. The molecule has 0 saturated heterocycles. The van der Waals surface area contributed by atoms with Crippen LogP contribution in [-0.2, 0) is 16.9 Å². The molecular formula is C20H21FN2O. The third-order valence-corrected chi connectivity index (χ3v) is 5.03. The number of hydrogen-bond donors (Lipinski definition) is 1. The maximum atomic E-state index is 13.4. The van der Waals surface area contributed by atoms with E-state index in [-0.39, 0.29) is 11.2 Å². The Morgan fingerprint density at radius 2 is 1.96 bits per heavy atom. The van der Waals surface area contributed by atoms with E-state index in [1.807, 2.05) is 18.2 Å². The summed E-state index contributed by atoms with van der Waals surface area (Å²) in [6.07, 6.45) is 0.754. The number of ether oxygens (including phenoxy) is 1.